The summed E-state index contributed by atoms with van der Waals surface area (Å²) in [7, 11) is 0. The van der Waals surface area contributed by atoms with E-state index in [-0.39, 0.29) is 6.61 Å². The van der Waals surface area contributed by atoms with E-state index in [1.165, 1.54) is 0 Å². The molecule has 0 saturated heterocycles. The van der Waals surface area contributed by atoms with Gasteiger partial charge in [-0.1, -0.05) is 6.92 Å². The fraction of sp³-hybridized carbons (Fsp3) is 0.636. The maximum Gasteiger partial charge on any atom is 0.261 e. The SMILES string of the molecule is CCc1nc(CCOCC(F)F)nc(NN)c1C. The van der Waals surface area contributed by atoms with Gasteiger partial charge in [0.15, 0.2) is 0 Å². The molecule has 1 aromatic heterocycles. The van der Waals surface area contributed by atoms with Crippen LogP contribution in [0.5, 0.6) is 0 Å². The smallest absolute Gasteiger partial charge is 0.261 e. The number of anilines is 1. The molecule has 0 unspecified atom stereocenters. The van der Waals surface area contributed by atoms with Crippen LogP contribution >= 0.6 is 0 Å². The molecule has 0 aromatic carbocycles. The molecular formula is C11H18F2N4O. The second-order valence-corrected chi connectivity index (χ2v) is 3.77. The highest BCUT2D eigenvalue weighted by molar-refractivity contribution is 5.44. The van der Waals surface area contributed by atoms with E-state index in [4.69, 9.17) is 10.6 Å². The lowest BCUT2D eigenvalue weighted by molar-refractivity contribution is 0.0183. The number of aryl methyl sites for hydroxylation is 1. The summed E-state index contributed by atoms with van der Waals surface area (Å²) in [6.07, 6.45) is -1.31. The van der Waals surface area contributed by atoms with Gasteiger partial charge in [-0.15, -0.1) is 0 Å². The summed E-state index contributed by atoms with van der Waals surface area (Å²) < 4.78 is 28.5. The molecule has 5 nitrogen and oxygen atoms in total. The lowest BCUT2D eigenvalue weighted by atomic mass is 10.2. The largest absolute Gasteiger partial charge is 0.375 e. The topological polar surface area (TPSA) is 73.1 Å². The van der Waals surface area contributed by atoms with Gasteiger partial charge in [0.1, 0.15) is 18.2 Å². The van der Waals surface area contributed by atoms with Crippen LogP contribution in [-0.4, -0.2) is 29.6 Å². The normalized spacial score (nSPS) is 11.0. The van der Waals surface area contributed by atoms with E-state index in [0.717, 1.165) is 17.7 Å². The molecule has 7 heteroatoms. The number of halogens is 2. The van der Waals surface area contributed by atoms with E-state index in [9.17, 15) is 8.78 Å². The van der Waals surface area contributed by atoms with E-state index in [1.54, 1.807) is 0 Å². The average Bonchev–Trinajstić information content (AvgIpc) is 2.35. The Labute approximate surface area is 105 Å². The third-order valence-corrected chi connectivity index (χ3v) is 2.48. The predicted octanol–water partition coefficient (Wildman–Crippen LogP) is 1.46. The van der Waals surface area contributed by atoms with Gasteiger partial charge in [0.2, 0.25) is 0 Å². The van der Waals surface area contributed by atoms with E-state index >= 15 is 0 Å². The molecule has 0 atom stereocenters. The average molecular weight is 260 g/mol. The van der Waals surface area contributed by atoms with Crippen LogP contribution in [0.25, 0.3) is 0 Å². The predicted molar refractivity (Wildman–Crippen MR) is 64.5 cm³/mol. The maximum atomic E-state index is 11.9. The van der Waals surface area contributed by atoms with Crippen molar-refractivity contribution < 1.29 is 13.5 Å². The van der Waals surface area contributed by atoms with E-state index in [0.29, 0.717) is 18.1 Å². The Bertz CT molecular complexity index is 362. The number of nitrogens with zero attached hydrogens (tertiary/aromatic N) is 2. The van der Waals surface area contributed by atoms with Crippen molar-refractivity contribution in [2.75, 3.05) is 18.6 Å². The molecule has 1 heterocycles. The van der Waals surface area contributed by atoms with Gasteiger partial charge >= 0.3 is 0 Å². The standard InChI is InChI=1S/C11H18F2N4O/c1-3-8-7(2)11(17-14)16-10(15-8)4-5-18-6-9(12)13/h9H,3-6,14H2,1-2H3,(H,15,16,17). The Balaban J connectivity index is 2.65. The van der Waals surface area contributed by atoms with Gasteiger partial charge in [0.05, 0.1) is 6.61 Å². The van der Waals surface area contributed by atoms with Crippen molar-refractivity contribution in [1.29, 1.82) is 0 Å². The van der Waals surface area contributed by atoms with Crippen LogP contribution in [0.1, 0.15) is 24.0 Å². The number of alkyl halides is 2. The Morgan fingerprint density at radius 3 is 2.67 bits per heavy atom. The molecular weight excluding hydrogens is 242 g/mol. The zero-order chi connectivity index (χ0) is 13.5. The fourth-order valence-electron chi connectivity index (χ4n) is 1.55. The van der Waals surface area contributed by atoms with Gasteiger partial charge in [-0.05, 0) is 13.3 Å². The van der Waals surface area contributed by atoms with Gasteiger partial charge in [0, 0.05) is 17.7 Å². The Morgan fingerprint density at radius 2 is 2.11 bits per heavy atom. The number of hydrazine groups is 1. The van der Waals surface area contributed by atoms with Crippen molar-refractivity contribution in [1.82, 2.24) is 9.97 Å². The van der Waals surface area contributed by atoms with Crippen LogP contribution in [0.3, 0.4) is 0 Å². The van der Waals surface area contributed by atoms with Crippen molar-refractivity contribution in [3.63, 3.8) is 0 Å². The molecule has 3 N–H and O–H groups in total. The van der Waals surface area contributed by atoms with E-state index in [2.05, 4.69) is 15.4 Å². The first-order chi connectivity index (χ1) is 8.58. The zero-order valence-corrected chi connectivity index (χ0v) is 10.5. The molecule has 0 spiro atoms. The van der Waals surface area contributed by atoms with Crippen molar-refractivity contribution in [2.24, 2.45) is 5.84 Å². The highest BCUT2D eigenvalue weighted by atomic mass is 19.3. The molecule has 1 aromatic rings. The van der Waals surface area contributed by atoms with Gasteiger partial charge in [0.25, 0.3) is 6.43 Å². The Kier molecular flexibility index (Phi) is 5.87. The molecule has 0 aliphatic rings. The number of hydrogen-bond donors (Lipinski definition) is 2. The summed E-state index contributed by atoms with van der Waals surface area (Å²) in [5.41, 5.74) is 4.30. The molecule has 0 amide bonds. The number of rotatable bonds is 7. The first kappa shape index (κ1) is 14.7. The van der Waals surface area contributed by atoms with Crippen molar-refractivity contribution in [3.05, 3.63) is 17.1 Å². The first-order valence-electron chi connectivity index (χ1n) is 5.77. The molecule has 0 bridgehead atoms. The van der Waals surface area contributed by atoms with Crippen molar-refractivity contribution in [3.8, 4) is 0 Å². The van der Waals surface area contributed by atoms with Gasteiger partial charge in [-0.2, -0.15) is 0 Å². The highest BCUT2D eigenvalue weighted by Gasteiger charge is 2.09. The number of nitrogen functional groups attached to an aromatic ring is 1. The number of hydrogen-bond acceptors (Lipinski definition) is 5. The minimum absolute atomic E-state index is 0.167. The fourth-order valence-corrected chi connectivity index (χ4v) is 1.55. The number of ether oxygens (including phenoxy) is 1. The van der Waals surface area contributed by atoms with Gasteiger partial charge in [-0.25, -0.2) is 24.6 Å². The van der Waals surface area contributed by atoms with Crippen molar-refractivity contribution >= 4 is 5.82 Å². The van der Waals surface area contributed by atoms with E-state index in [1.807, 2.05) is 13.8 Å². The van der Waals surface area contributed by atoms with Crippen LogP contribution in [0.2, 0.25) is 0 Å². The molecule has 0 aliphatic carbocycles. The summed E-state index contributed by atoms with van der Waals surface area (Å²) in [5, 5.41) is 0. The molecule has 0 saturated carbocycles. The molecule has 0 radical (unpaired) electrons. The minimum Gasteiger partial charge on any atom is -0.375 e. The molecule has 1 rings (SSSR count). The lowest BCUT2D eigenvalue weighted by Crippen LogP contribution is -2.15. The van der Waals surface area contributed by atoms with Crippen LogP contribution in [0, 0.1) is 6.92 Å². The molecule has 0 fully saturated rings. The Morgan fingerprint density at radius 1 is 1.39 bits per heavy atom. The van der Waals surface area contributed by atoms with E-state index < -0.39 is 13.0 Å². The second kappa shape index (κ2) is 7.17. The molecule has 18 heavy (non-hydrogen) atoms. The number of nitrogens with one attached hydrogen (secondary N) is 1. The summed E-state index contributed by atoms with van der Waals surface area (Å²) >= 11 is 0. The summed E-state index contributed by atoms with van der Waals surface area (Å²) in [6.45, 7) is 3.47. The highest BCUT2D eigenvalue weighted by Crippen LogP contribution is 2.15. The third-order valence-electron chi connectivity index (χ3n) is 2.48. The Hall–Kier alpha value is -1.34. The summed E-state index contributed by atoms with van der Waals surface area (Å²) in [6, 6.07) is 0. The lowest BCUT2D eigenvalue weighted by Gasteiger charge is -2.11. The molecule has 102 valence electrons. The first-order valence-corrected chi connectivity index (χ1v) is 5.77. The van der Waals surface area contributed by atoms with Crippen LogP contribution in [0.4, 0.5) is 14.6 Å². The van der Waals surface area contributed by atoms with Crippen LogP contribution in [0.15, 0.2) is 0 Å². The molecule has 0 aliphatic heterocycles. The van der Waals surface area contributed by atoms with Crippen molar-refractivity contribution in [2.45, 2.75) is 33.1 Å². The second-order valence-electron chi connectivity index (χ2n) is 3.77. The van der Waals surface area contributed by atoms with Crippen LogP contribution < -0.4 is 11.3 Å². The third kappa shape index (κ3) is 4.15. The maximum absolute atomic E-state index is 11.9. The number of aromatic nitrogens is 2. The summed E-state index contributed by atoms with van der Waals surface area (Å²) in [5.74, 6) is 6.47. The van der Waals surface area contributed by atoms with Gasteiger partial charge < -0.3 is 10.2 Å². The quantitative estimate of drug-likeness (QED) is 0.441. The monoisotopic (exact) mass is 260 g/mol. The summed E-state index contributed by atoms with van der Waals surface area (Å²) in [4.78, 5) is 8.54. The zero-order valence-electron chi connectivity index (χ0n) is 10.5. The van der Waals surface area contributed by atoms with Gasteiger partial charge in [-0.3, -0.25) is 0 Å². The number of nitrogens with two attached hydrogens (primary N) is 1. The minimum atomic E-state index is -2.45. The van der Waals surface area contributed by atoms with Crippen LogP contribution in [-0.2, 0) is 17.6 Å².